The van der Waals surface area contributed by atoms with Crippen LogP contribution in [-0.4, -0.2) is 163 Å². The maximum absolute atomic E-state index is 13.1. The first kappa shape index (κ1) is 40.6. The summed E-state index contributed by atoms with van der Waals surface area (Å²) >= 11 is 0. The number of carbonyl (C=O) groups is 1. The van der Waals surface area contributed by atoms with Crippen molar-refractivity contribution in [1.29, 1.82) is 0 Å². The van der Waals surface area contributed by atoms with Gasteiger partial charge in [-0.2, -0.15) is 0 Å². The highest BCUT2D eigenvalue weighted by molar-refractivity contribution is 6.05. The maximum atomic E-state index is 13.1. The van der Waals surface area contributed by atoms with Gasteiger partial charge in [0.25, 0.3) is 0 Å². The first-order valence-corrected chi connectivity index (χ1v) is 17.7. The standard InChI is InChI=1S/C37H42O20/c1-50-19-6-13(2-4-16(19)41)33-24(12-51-36-32(49)30(47)35(23(11-39)56-36)57-37-31(48)28(45)26(43)22(10-38)55-37)52-18-5-3-14(7-20(18)53-33)34-29(46)27(44)25-17(42)8-15(40)9-21(25)54-34/h2-9,22-24,26,28-43,45-49H,10-12H2,1H3/t22-,23-,24?,26-,28+,29+,30-,31-,32-,33?,34-,35-,36-,37+/m1/s1. The molecule has 0 saturated carbocycles. The molecule has 2 unspecified atom stereocenters. The van der Waals surface area contributed by atoms with Gasteiger partial charge in [0, 0.05) is 17.7 Å². The zero-order valence-electron chi connectivity index (χ0n) is 29.9. The van der Waals surface area contributed by atoms with Crippen LogP contribution in [0.1, 0.15) is 33.7 Å². The van der Waals surface area contributed by atoms with Crippen molar-refractivity contribution >= 4 is 5.78 Å². The molecule has 3 aromatic carbocycles. The summed E-state index contributed by atoms with van der Waals surface area (Å²) in [5, 5.41) is 114. The molecule has 4 aliphatic heterocycles. The van der Waals surface area contributed by atoms with Crippen LogP contribution in [0.4, 0.5) is 0 Å². The van der Waals surface area contributed by atoms with Gasteiger partial charge in [0.2, 0.25) is 5.78 Å². The lowest BCUT2D eigenvalue weighted by Crippen LogP contribution is -2.64. The number of hydrogen-bond donors (Lipinski definition) is 11. The largest absolute Gasteiger partial charge is 0.508 e. The molecule has 0 amide bonds. The Morgan fingerprint density at radius 2 is 1.30 bits per heavy atom. The molecular weight excluding hydrogens is 764 g/mol. The van der Waals surface area contributed by atoms with Crippen molar-refractivity contribution in [1.82, 2.24) is 0 Å². The summed E-state index contributed by atoms with van der Waals surface area (Å²) in [4.78, 5) is 13.1. The molecule has 310 valence electrons. The van der Waals surface area contributed by atoms with Crippen molar-refractivity contribution in [2.45, 2.75) is 85.8 Å². The summed E-state index contributed by atoms with van der Waals surface area (Å²) in [5.74, 6) is -1.74. The predicted molar refractivity (Wildman–Crippen MR) is 185 cm³/mol. The summed E-state index contributed by atoms with van der Waals surface area (Å²) < 4.78 is 46.4. The lowest BCUT2D eigenvalue weighted by molar-refractivity contribution is -0.360. The second-order valence-corrected chi connectivity index (χ2v) is 13.9. The molecule has 2 saturated heterocycles. The molecule has 0 aliphatic carbocycles. The van der Waals surface area contributed by atoms with Crippen LogP contribution in [0.5, 0.6) is 40.2 Å². The third-order valence-electron chi connectivity index (χ3n) is 10.2. The van der Waals surface area contributed by atoms with E-state index in [-0.39, 0.29) is 45.6 Å². The molecule has 0 bridgehead atoms. The van der Waals surface area contributed by atoms with Crippen LogP contribution in [-0.2, 0) is 18.9 Å². The summed E-state index contributed by atoms with van der Waals surface area (Å²) in [7, 11) is 1.34. The lowest BCUT2D eigenvalue weighted by atomic mass is 9.92. The third-order valence-corrected chi connectivity index (χ3v) is 10.2. The Kier molecular flexibility index (Phi) is 11.7. The van der Waals surface area contributed by atoms with E-state index < -0.39 is 117 Å². The molecule has 11 N–H and O–H groups in total. The number of rotatable bonds is 10. The highest BCUT2D eigenvalue weighted by atomic mass is 16.7. The van der Waals surface area contributed by atoms with Crippen LogP contribution in [0.2, 0.25) is 0 Å². The molecule has 7 rings (SSSR count). The van der Waals surface area contributed by atoms with Crippen LogP contribution in [0.15, 0.2) is 48.5 Å². The van der Waals surface area contributed by atoms with E-state index >= 15 is 0 Å². The van der Waals surface area contributed by atoms with E-state index in [4.69, 9.17) is 37.9 Å². The van der Waals surface area contributed by atoms with Gasteiger partial charge in [0.15, 0.2) is 60.0 Å². The van der Waals surface area contributed by atoms with E-state index in [0.29, 0.717) is 5.56 Å². The van der Waals surface area contributed by atoms with Crippen molar-refractivity contribution in [2.75, 3.05) is 26.9 Å². The summed E-state index contributed by atoms with van der Waals surface area (Å²) in [6.45, 7) is -1.94. The molecule has 20 heteroatoms. The summed E-state index contributed by atoms with van der Waals surface area (Å²) in [5.41, 5.74) is 0.372. The number of carbonyl (C=O) groups excluding carboxylic acids is 1. The van der Waals surface area contributed by atoms with Gasteiger partial charge in [-0.3, -0.25) is 4.79 Å². The van der Waals surface area contributed by atoms with Crippen LogP contribution < -0.4 is 18.9 Å². The molecule has 0 aromatic heterocycles. The number of ether oxygens (including phenoxy) is 8. The van der Waals surface area contributed by atoms with Gasteiger partial charge in [-0.15, -0.1) is 0 Å². The molecule has 4 aliphatic rings. The number of Topliss-reactive ketones (excluding diaryl/α,β-unsaturated/α-hetero) is 1. The van der Waals surface area contributed by atoms with Crippen molar-refractivity contribution in [3.63, 3.8) is 0 Å². The number of benzene rings is 3. The predicted octanol–water partition coefficient (Wildman–Crippen LogP) is -1.99. The van der Waals surface area contributed by atoms with Crippen LogP contribution in [0.25, 0.3) is 0 Å². The first-order valence-electron chi connectivity index (χ1n) is 17.7. The molecule has 20 nitrogen and oxygen atoms in total. The highest BCUT2D eigenvalue weighted by Crippen LogP contribution is 2.46. The van der Waals surface area contributed by atoms with E-state index in [1.54, 1.807) is 0 Å². The van der Waals surface area contributed by atoms with Crippen molar-refractivity contribution in [2.24, 2.45) is 0 Å². The average Bonchev–Trinajstić information content (AvgIpc) is 3.20. The fourth-order valence-corrected chi connectivity index (χ4v) is 7.15. The van der Waals surface area contributed by atoms with E-state index in [1.165, 1.54) is 43.5 Å². The molecule has 3 aromatic rings. The normalized spacial score (nSPS) is 34.9. The number of ketones is 1. The highest BCUT2D eigenvalue weighted by Gasteiger charge is 2.51. The van der Waals surface area contributed by atoms with Crippen LogP contribution >= 0.6 is 0 Å². The molecule has 0 spiro atoms. The summed E-state index contributed by atoms with van der Waals surface area (Å²) in [6.07, 6.45) is -21.8. The van der Waals surface area contributed by atoms with Gasteiger partial charge < -0.3 is 94.1 Å². The van der Waals surface area contributed by atoms with E-state index in [9.17, 15) is 61.0 Å². The zero-order chi connectivity index (χ0) is 40.9. The van der Waals surface area contributed by atoms with Gasteiger partial charge in [-0.25, -0.2) is 0 Å². The molecule has 4 heterocycles. The number of aliphatic hydroxyl groups is 8. The lowest BCUT2D eigenvalue weighted by Gasteiger charge is -2.46. The number of fused-ring (bicyclic) bond motifs is 2. The number of phenols is 3. The Balaban J connectivity index is 1.11. The fourth-order valence-electron chi connectivity index (χ4n) is 7.15. The molecular formula is C37H42O20. The maximum Gasteiger partial charge on any atom is 0.202 e. The van der Waals surface area contributed by atoms with Gasteiger partial charge in [0.1, 0.15) is 71.6 Å². The minimum atomic E-state index is -1.85. The minimum Gasteiger partial charge on any atom is -0.508 e. The van der Waals surface area contributed by atoms with E-state index in [2.05, 4.69) is 0 Å². The number of methoxy groups -OCH3 is 1. The Bertz CT molecular complexity index is 1920. The Morgan fingerprint density at radius 3 is 2.02 bits per heavy atom. The van der Waals surface area contributed by atoms with Gasteiger partial charge in [-0.1, -0.05) is 12.1 Å². The van der Waals surface area contributed by atoms with E-state index in [1.807, 2.05) is 0 Å². The van der Waals surface area contributed by atoms with Crippen molar-refractivity contribution < 1.29 is 98.9 Å². The topological polar surface area (TPSA) is 313 Å². The van der Waals surface area contributed by atoms with Gasteiger partial charge in [0.05, 0.1) is 26.9 Å². The molecule has 0 radical (unpaired) electrons. The smallest absolute Gasteiger partial charge is 0.202 e. The Labute approximate surface area is 322 Å². The number of hydrogen-bond acceptors (Lipinski definition) is 20. The minimum absolute atomic E-state index is 0.0862. The Hall–Kier alpha value is -4.55. The monoisotopic (exact) mass is 806 g/mol. The Morgan fingerprint density at radius 1 is 0.632 bits per heavy atom. The number of aliphatic hydroxyl groups excluding tert-OH is 8. The first-order chi connectivity index (χ1) is 27.2. The third kappa shape index (κ3) is 7.63. The summed E-state index contributed by atoms with van der Waals surface area (Å²) in [6, 6.07) is 10.9. The van der Waals surface area contributed by atoms with Crippen molar-refractivity contribution in [3.05, 3.63) is 65.2 Å². The van der Waals surface area contributed by atoms with Crippen LogP contribution in [0.3, 0.4) is 0 Å². The SMILES string of the molecule is COc1cc(C2Oc3cc([C@H]4Oc5cc(O)cc(O)c5C(=O)[C@@H]4O)ccc3OC2CO[C@@H]2O[C@H](CO)[C@@H](O[C@@H]3O[C@H](CO)[C@@H](O)[C@H](O)[C@H]3O)[C@H](O)[C@H]2O)ccc1O. The quantitative estimate of drug-likeness (QED) is 0.106. The number of aromatic hydroxyl groups is 3. The van der Waals surface area contributed by atoms with Crippen LogP contribution in [0, 0.1) is 0 Å². The second kappa shape index (κ2) is 16.4. The zero-order valence-corrected chi connectivity index (χ0v) is 29.9. The van der Waals surface area contributed by atoms with Gasteiger partial charge in [-0.05, 0) is 29.8 Å². The molecule has 57 heavy (non-hydrogen) atoms. The van der Waals surface area contributed by atoms with Crippen molar-refractivity contribution in [3.8, 4) is 40.2 Å². The van der Waals surface area contributed by atoms with E-state index in [0.717, 1.165) is 12.1 Å². The molecule has 2 fully saturated rings. The molecule has 14 atom stereocenters. The van der Waals surface area contributed by atoms with Gasteiger partial charge >= 0.3 is 0 Å². The fraction of sp³-hybridized carbons (Fsp3) is 0.486. The second-order valence-electron chi connectivity index (χ2n) is 13.9. The number of phenolic OH excluding ortho intramolecular Hbond substituents is 3. The average molecular weight is 807 g/mol.